The molecule has 1 N–H and O–H groups in total. The molecule has 1 heterocycles. The van der Waals surface area contributed by atoms with Gasteiger partial charge in [0.1, 0.15) is 5.82 Å². The van der Waals surface area contributed by atoms with E-state index in [0.717, 1.165) is 12.3 Å². The molecule has 2 aromatic rings. The number of amides is 1. The van der Waals surface area contributed by atoms with Crippen molar-refractivity contribution in [2.45, 2.75) is 52.9 Å². The largest absolute Gasteiger partial charge is 0.280 e. The topological polar surface area (TPSA) is 64.0 Å². The van der Waals surface area contributed by atoms with E-state index in [2.05, 4.69) is 24.3 Å². The third-order valence-electron chi connectivity index (χ3n) is 6.85. The van der Waals surface area contributed by atoms with Gasteiger partial charge in [0.15, 0.2) is 0 Å². The molecule has 0 unspecified atom stereocenters. The molecule has 1 amide bonds. The average molecular weight is 353 g/mol. The number of hydrogen-bond donors (Lipinski definition) is 1. The molecule has 26 heavy (non-hydrogen) atoms. The Bertz CT molecular complexity index is 913. The number of aromatic nitrogens is 2. The first-order valence-corrected chi connectivity index (χ1v) is 9.72. The van der Waals surface area contributed by atoms with Gasteiger partial charge >= 0.3 is 0 Å². The Kier molecular flexibility index (Phi) is 4.13. The molecule has 0 spiro atoms. The molecular formula is C21H27N3O2. The second kappa shape index (κ2) is 6.22. The number of hydrogen-bond acceptors (Lipinski definition) is 3. The first-order valence-electron chi connectivity index (χ1n) is 9.72. The normalized spacial score (nSPS) is 26.3. The lowest BCUT2D eigenvalue weighted by atomic mass is 9.45. The maximum Gasteiger partial charge on any atom is 0.280 e. The van der Waals surface area contributed by atoms with Crippen molar-refractivity contribution in [3.63, 3.8) is 0 Å². The molecule has 0 radical (unpaired) electrons. The van der Waals surface area contributed by atoms with Gasteiger partial charge in [-0.1, -0.05) is 32.9 Å². The van der Waals surface area contributed by atoms with Gasteiger partial charge in [-0.2, -0.15) is 0 Å². The number of nitrogens with one attached hydrogen (secondary N) is 1. The Labute approximate surface area is 153 Å². The summed E-state index contributed by atoms with van der Waals surface area (Å²) in [6.07, 6.45) is 4.67. The van der Waals surface area contributed by atoms with Gasteiger partial charge in [0, 0.05) is 12.8 Å². The lowest BCUT2D eigenvalue weighted by Gasteiger charge is -2.60. The van der Waals surface area contributed by atoms with Crippen LogP contribution in [0.3, 0.4) is 0 Å². The van der Waals surface area contributed by atoms with E-state index in [-0.39, 0.29) is 11.5 Å². The maximum atomic E-state index is 12.8. The van der Waals surface area contributed by atoms with E-state index in [9.17, 15) is 9.59 Å². The molecule has 3 aliphatic rings. The molecule has 5 heteroatoms. The van der Waals surface area contributed by atoms with Crippen molar-refractivity contribution in [2.75, 3.05) is 5.43 Å². The molecule has 0 aliphatic heterocycles. The number of aryl methyl sites for hydroxylation is 1. The minimum absolute atomic E-state index is 0.0787. The number of carbonyl (C=O) groups is 1. The quantitative estimate of drug-likeness (QED) is 0.915. The van der Waals surface area contributed by atoms with Crippen molar-refractivity contribution < 1.29 is 4.79 Å². The summed E-state index contributed by atoms with van der Waals surface area (Å²) >= 11 is 0. The highest BCUT2D eigenvalue weighted by atomic mass is 16.2. The monoisotopic (exact) mass is 353 g/mol. The molecule has 3 saturated carbocycles. The molecular weight excluding hydrogens is 326 g/mol. The Morgan fingerprint density at radius 3 is 2.77 bits per heavy atom. The van der Waals surface area contributed by atoms with Gasteiger partial charge < -0.3 is 0 Å². The molecule has 0 saturated heterocycles. The van der Waals surface area contributed by atoms with Gasteiger partial charge in [-0.3, -0.25) is 15.0 Å². The molecule has 1 aromatic heterocycles. The number of rotatable bonds is 4. The van der Waals surface area contributed by atoms with Crippen LogP contribution >= 0.6 is 0 Å². The van der Waals surface area contributed by atoms with E-state index in [1.807, 2.05) is 25.1 Å². The predicted octanol–water partition coefficient (Wildman–Crippen LogP) is 3.49. The van der Waals surface area contributed by atoms with Crippen LogP contribution in [0.4, 0.5) is 0 Å². The summed E-state index contributed by atoms with van der Waals surface area (Å²) in [5.41, 5.74) is 3.67. The fourth-order valence-electron chi connectivity index (χ4n) is 5.15. The van der Waals surface area contributed by atoms with Crippen LogP contribution in [0.2, 0.25) is 0 Å². The van der Waals surface area contributed by atoms with Crippen LogP contribution in [-0.2, 0) is 11.2 Å². The summed E-state index contributed by atoms with van der Waals surface area (Å²) in [4.78, 5) is 30.1. The minimum atomic E-state index is -0.200. The zero-order valence-corrected chi connectivity index (χ0v) is 15.8. The third-order valence-corrected chi connectivity index (χ3v) is 6.85. The molecule has 3 fully saturated rings. The standard InChI is InChI=1S/C21H27N3O2/c1-4-18-22-17-8-6-5-7-15(17)20(26)24(18)23-19(25)11-13-9-10-14-12-16(13)21(14,2)3/h5-8,13-14,16H,4,9-12H2,1-3H3,(H,23,25)/t13-,14-,16+/m0/s1. The van der Waals surface area contributed by atoms with Crippen molar-refractivity contribution in [3.05, 3.63) is 40.4 Å². The van der Waals surface area contributed by atoms with Crippen LogP contribution in [0.25, 0.3) is 10.9 Å². The summed E-state index contributed by atoms with van der Waals surface area (Å²) in [6.45, 7) is 6.61. The van der Waals surface area contributed by atoms with E-state index in [1.54, 1.807) is 6.07 Å². The van der Waals surface area contributed by atoms with Crippen LogP contribution in [0.1, 0.15) is 52.3 Å². The summed E-state index contributed by atoms with van der Waals surface area (Å²) < 4.78 is 1.35. The van der Waals surface area contributed by atoms with Crippen molar-refractivity contribution in [2.24, 2.45) is 23.2 Å². The van der Waals surface area contributed by atoms with Crippen LogP contribution in [-0.4, -0.2) is 15.6 Å². The Balaban J connectivity index is 1.56. The van der Waals surface area contributed by atoms with Gasteiger partial charge in [0.2, 0.25) is 5.91 Å². The number of benzene rings is 1. The first kappa shape index (κ1) is 17.3. The van der Waals surface area contributed by atoms with Crippen molar-refractivity contribution in [1.29, 1.82) is 0 Å². The molecule has 3 atom stereocenters. The molecule has 5 rings (SSSR count). The lowest BCUT2D eigenvalue weighted by molar-refractivity contribution is -0.129. The summed E-state index contributed by atoms with van der Waals surface area (Å²) in [5, 5.41) is 0.533. The van der Waals surface area contributed by atoms with Crippen LogP contribution < -0.4 is 11.0 Å². The van der Waals surface area contributed by atoms with Gasteiger partial charge in [0.25, 0.3) is 5.56 Å². The number of carbonyl (C=O) groups excluding carboxylic acids is 1. The highest BCUT2D eigenvalue weighted by Crippen LogP contribution is 2.61. The van der Waals surface area contributed by atoms with Crippen molar-refractivity contribution in [3.8, 4) is 0 Å². The summed E-state index contributed by atoms with van der Waals surface area (Å²) in [7, 11) is 0. The zero-order valence-electron chi connectivity index (χ0n) is 15.8. The van der Waals surface area contributed by atoms with Crippen LogP contribution in [0.5, 0.6) is 0 Å². The number of nitrogens with zero attached hydrogens (tertiary/aromatic N) is 2. The van der Waals surface area contributed by atoms with Crippen molar-refractivity contribution >= 4 is 16.8 Å². The second-order valence-electron chi connectivity index (χ2n) is 8.48. The van der Waals surface area contributed by atoms with Crippen molar-refractivity contribution in [1.82, 2.24) is 9.66 Å². The van der Waals surface area contributed by atoms with Crippen LogP contribution in [0.15, 0.2) is 29.1 Å². The molecule has 138 valence electrons. The molecule has 2 bridgehead atoms. The first-order chi connectivity index (χ1) is 12.4. The van der Waals surface area contributed by atoms with E-state index in [0.29, 0.717) is 46.8 Å². The van der Waals surface area contributed by atoms with E-state index in [1.165, 1.54) is 17.5 Å². The van der Waals surface area contributed by atoms with Crippen LogP contribution in [0, 0.1) is 23.2 Å². The smallest absolute Gasteiger partial charge is 0.273 e. The summed E-state index contributed by atoms with van der Waals surface area (Å²) in [5.74, 6) is 2.39. The van der Waals surface area contributed by atoms with E-state index < -0.39 is 0 Å². The highest BCUT2D eigenvalue weighted by Gasteiger charge is 2.54. The maximum absolute atomic E-state index is 12.8. The van der Waals surface area contributed by atoms with Gasteiger partial charge in [0.05, 0.1) is 10.9 Å². The minimum Gasteiger partial charge on any atom is -0.273 e. The fourth-order valence-corrected chi connectivity index (χ4v) is 5.15. The lowest BCUT2D eigenvalue weighted by Crippen LogP contribution is -2.53. The summed E-state index contributed by atoms with van der Waals surface area (Å²) in [6, 6.07) is 7.28. The highest BCUT2D eigenvalue weighted by molar-refractivity contribution is 5.85. The number of fused-ring (bicyclic) bond motifs is 3. The fraction of sp³-hybridized carbons (Fsp3) is 0.571. The number of para-hydroxylation sites is 1. The SMILES string of the molecule is CCc1nc2ccccc2c(=O)n1NC(=O)C[C@@H]1CC[C@H]2C[C@H]1C2(C)C. The van der Waals surface area contributed by atoms with Gasteiger partial charge in [-0.15, -0.1) is 0 Å². The van der Waals surface area contributed by atoms with E-state index >= 15 is 0 Å². The third kappa shape index (κ3) is 2.65. The average Bonchev–Trinajstić information content (AvgIpc) is 2.63. The molecule has 1 aromatic carbocycles. The van der Waals surface area contributed by atoms with E-state index in [4.69, 9.17) is 0 Å². The predicted molar refractivity (Wildman–Crippen MR) is 102 cm³/mol. The zero-order chi connectivity index (χ0) is 18.5. The Morgan fingerprint density at radius 1 is 1.31 bits per heavy atom. The second-order valence-corrected chi connectivity index (χ2v) is 8.48. The molecule has 3 aliphatic carbocycles. The Hall–Kier alpha value is -2.17. The van der Waals surface area contributed by atoms with Gasteiger partial charge in [-0.25, -0.2) is 9.66 Å². The van der Waals surface area contributed by atoms with Gasteiger partial charge in [-0.05, 0) is 54.6 Å². The Morgan fingerprint density at radius 2 is 2.08 bits per heavy atom. The molecule has 5 nitrogen and oxygen atoms in total.